The van der Waals surface area contributed by atoms with Gasteiger partial charge < -0.3 is 5.11 Å². The summed E-state index contributed by atoms with van der Waals surface area (Å²) in [5.41, 5.74) is 3.70. The Bertz CT molecular complexity index is 810. The highest BCUT2D eigenvalue weighted by Gasteiger charge is 2.11. The zero-order valence-corrected chi connectivity index (χ0v) is 11.5. The summed E-state index contributed by atoms with van der Waals surface area (Å²) < 4.78 is 1.74. The Morgan fingerprint density at radius 3 is 2.95 bits per heavy atom. The van der Waals surface area contributed by atoms with E-state index in [1.165, 1.54) is 11.6 Å². The van der Waals surface area contributed by atoms with Crippen LogP contribution in [0, 0.1) is 0 Å². The van der Waals surface area contributed by atoms with Crippen LogP contribution in [0.25, 0.3) is 11.0 Å². The lowest BCUT2D eigenvalue weighted by atomic mass is 10.1. The Morgan fingerprint density at radius 2 is 2.19 bits per heavy atom. The molecular weight excluding hydrogens is 268 g/mol. The lowest BCUT2D eigenvalue weighted by Gasteiger charge is -2.06. The topological polar surface area (TPSA) is 80.9 Å². The maximum Gasteiger partial charge on any atom is 0.335 e. The van der Waals surface area contributed by atoms with E-state index in [0.717, 1.165) is 17.6 Å². The minimum Gasteiger partial charge on any atom is -0.478 e. The number of rotatable bonds is 4. The molecule has 3 rings (SSSR count). The molecule has 0 saturated heterocycles. The number of nitrogens with zero attached hydrogens (tertiary/aromatic N) is 4. The molecule has 0 fully saturated rings. The Hall–Kier alpha value is -2.76. The molecule has 0 radical (unpaired) electrons. The summed E-state index contributed by atoms with van der Waals surface area (Å²) in [7, 11) is 0. The molecule has 0 saturated carbocycles. The average Bonchev–Trinajstić information content (AvgIpc) is 2.90. The molecule has 0 atom stereocenters. The first-order valence-corrected chi connectivity index (χ1v) is 6.68. The maximum absolute atomic E-state index is 11.0. The average molecular weight is 282 g/mol. The standard InChI is InChI=1S/C15H14N4O2/c1-2-10-4-3-7-16-13(10)9-19-14-6-5-11(15(20)21)8-12(14)17-18-19/h3-8H,2,9H2,1H3,(H,20,21). The highest BCUT2D eigenvalue weighted by atomic mass is 16.4. The molecule has 1 aromatic carbocycles. The third-order valence-corrected chi connectivity index (χ3v) is 3.43. The van der Waals surface area contributed by atoms with Crippen molar-refractivity contribution in [2.75, 3.05) is 0 Å². The fourth-order valence-electron chi connectivity index (χ4n) is 2.30. The SMILES string of the molecule is CCc1cccnc1Cn1nnc2cc(C(=O)O)ccc21. The number of aromatic carboxylic acids is 1. The molecule has 2 aromatic heterocycles. The fourth-order valence-corrected chi connectivity index (χ4v) is 2.30. The molecule has 0 aliphatic carbocycles. The van der Waals surface area contributed by atoms with Crippen LogP contribution in [0.2, 0.25) is 0 Å². The lowest BCUT2D eigenvalue weighted by molar-refractivity contribution is 0.0697. The van der Waals surface area contributed by atoms with E-state index in [1.807, 2.05) is 12.1 Å². The molecule has 3 aromatic rings. The molecule has 0 spiro atoms. The maximum atomic E-state index is 11.0. The van der Waals surface area contributed by atoms with E-state index in [9.17, 15) is 4.79 Å². The number of pyridine rings is 1. The molecule has 0 amide bonds. The van der Waals surface area contributed by atoms with Gasteiger partial charge in [0.1, 0.15) is 5.52 Å². The van der Waals surface area contributed by atoms with E-state index >= 15 is 0 Å². The molecular formula is C15H14N4O2. The van der Waals surface area contributed by atoms with Crippen LogP contribution in [0.15, 0.2) is 36.5 Å². The Morgan fingerprint density at radius 1 is 1.33 bits per heavy atom. The minimum absolute atomic E-state index is 0.210. The monoisotopic (exact) mass is 282 g/mol. The van der Waals surface area contributed by atoms with E-state index in [2.05, 4.69) is 22.2 Å². The number of benzene rings is 1. The second kappa shape index (κ2) is 5.32. The van der Waals surface area contributed by atoms with Gasteiger partial charge in [-0.25, -0.2) is 9.48 Å². The van der Waals surface area contributed by atoms with Crippen molar-refractivity contribution in [2.45, 2.75) is 19.9 Å². The summed E-state index contributed by atoms with van der Waals surface area (Å²) in [6.45, 7) is 2.60. The Labute approximate surface area is 121 Å². The highest BCUT2D eigenvalue weighted by molar-refractivity contribution is 5.92. The van der Waals surface area contributed by atoms with Crippen LogP contribution in [0.5, 0.6) is 0 Å². The van der Waals surface area contributed by atoms with Crippen LogP contribution < -0.4 is 0 Å². The van der Waals surface area contributed by atoms with Gasteiger partial charge in [0.2, 0.25) is 0 Å². The molecule has 0 bridgehead atoms. The van der Waals surface area contributed by atoms with Crippen LogP contribution in [-0.2, 0) is 13.0 Å². The third-order valence-electron chi connectivity index (χ3n) is 3.43. The number of hydrogen-bond donors (Lipinski definition) is 1. The number of carbonyl (C=O) groups is 1. The van der Waals surface area contributed by atoms with Crippen molar-refractivity contribution in [2.24, 2.45) is 0 Å². The zero-order valence-electron chi connectivity index (χ0n) is 11.5. The predicted octanol–water partition coefficient (Wildman–Crippen LogP) is 2.14. The van der Waals surface area contributed by atoms with Gasteiger partial charge in [0.05, 0.1) is 23.3 Å². The van der Waals surface area contributed by atoms with Gasteiger partial charge in [-0.3, -0.25) is 4.98 Å². The summed E-state index contributed by atoms with van der Waals surface area (Å²) in [6, 6.07) is 8.78. The second-order valence-electron chi connectivity index (χ2n) is 4.72. The summed E-state index contributed by atoms with van der Waals surface area (Å²) >= 11 is 0. The highest BCUT2D eigenvalue weighted by Crippen LogP contribution is 2.16. The van der Waals surface area contributed by atoms with Gasteiger partial charge in [0.25, 0.3) is 0 Å². The van der Waals surface area contributed by atoms with Crippen molar-refractivity contribution in [1.82, 2.24) is 20.0 Å². The summed E-state index contributed by atoms with van der Waals surface area (Å²) in [5, 5.41) is 17.1. The van der Waals surface area contributed by atoms with Crippen molar-refractivity contribution in [3.05, 3.63) is 53.3 Å². The van der Waals surface area contributed by atoms with Gasteiger partial charge in [-0.2, -0.15) is 0 Å². The van der Waals surface area contributed by atoms with Gasteiger partial charge in [0, 0.05) is 6.20 Å². The smallest absolute Gasteiger partial charge is 0.335 e. The van der Waals surface area contributed by atoms with Gasteiger partial charge in [0.15, 0.2) is 0 Å². The number of aromatic nitrogens is 4. The van der Waals surface area contributed by atoms with Crippen LogP contribution >= 0.6 is 0 Å². The predicted molar refractivity (Wildman–Crippen MR) is 77.2 cm³/mol. The van der Waals surface area contributed by atoms with Crippen LogP contribution in [0.3, 0.4) is 0 Å². The van der Waals surface area contributed by atoms with Gasteiger partial charge in [-0.15, -0.1) is 5.10 Å². The van der Waals surface area contributed by atoms with Crippen molar-refractivity contribution < 1.29 is 9.90 Å². The van der Waals surface area contributed by atoms with E-state index in [1.54, 1.807) is 23.0 Å². The lowest BCUT2D eigenvalue weighted by Crippen LogP contribution is -2.06. The third kappa shape index (κ3) is 2.47. The first-order valence-electron chi connectivity index (χ1n) is 6.68. The Kier molecular flexibility index (Phi) is 3.35. The summed E-state index contributed by atoms with van der Waals surface area (Å²) in [5.74, 6) is -0.968. The summed E-state index contributed by atoms with van der Waals surface area (Å²) in [4.78, 5) is 15.4. The number of fused-ring (bicyclic) bond motifs is 1. The molecule has 1 N–H and O–H groups in total. The van der Waals surface area contributed by atoms with Crippen LogP contribution in [-0.4, -0.2) is 31.1 Å². The molecule has 6 heteroatoms. The van der Waals surface area contributed by atoms with Gasteiger partial charge >= 0.3 is 5.97 Å². The molecule has 6 nitrogen and oxygen atoms in total. The zero-order chi connectivity index (χ0) is 14.8. The molecule has 2 heterocycles. The van der Waals surface area contributed by atoms with E-state index in [4.69, 9.17) is 5.11 Å². The molecule has 21 heavy (non-hydrogen) atoms. The quantitative estimate of drug-likeness (QED) is 0.792. The first-order chi connectivity index (χ1) is 10.2. The van der Waals surface area contributed by atoms with Gasteiger partial charge in [-0.05, 0) is 36.2 Å². The Balaban J connectivity index is 2.00. The van der Waals surface area contributed by atoms with Crippen molar-refractivity contribution in [3.63, 3.8) is 0 Å². The summed E-state index contributed by atoms with van der Waals surface area (Å²) in [6.07, 6.45) is 2.66. The minimum atomic E-state index is -0.968. The molecule has 0 aliphatic heterocycles. The molecule has 0 unspecified atom stereocenters. The second-order valence-corrected chi connectivity index (χ2v) is 4.72. The number of carboxylic acid groups (broad SMARTS) is 1. The molecule has 106 valence electrons. The number of carboxylic acids is 1. The normalized spacial score (nSPS) is 10.9. The van der Waals surface area contributed by atoms with E-state index < -0.39 is 5.97 Å². The number of aryl methyl sites for hydroxylation is 1. The van der Waals surface area contributed by atoms with Gasteiger partial charge in [-0.1, -0.05) is 18.2 Å². The van der Waals surface area contributed by atoms with Crippen molar-refractivity contribution in [3.8, 4) is 0 Å². The first kappa shape index (κ1) is 13.2. The van der Waals surface area contributed by atoms with Crippen LogP contribution in [0.4, 0.5) is 0 Å². The van der Waals surface area contributed by atoms with Crippen molar-refractivity contribution >= 4 is 17.0 Å². The molecule has 0 aliphatic rings. The van der Waals surface area contributed by atoms with E-state index in [0.29, 0.717) is 12.1 Å². The van der Waals surface area contributed by atoms with Crippen LogP contribution in [0.1, 0.15) is 28.5 Å². The van der Waals surface area contributed by atoms with Crippen molar-refractivity contribution in [1.29, 1.82) is 0 Å². The fraction of sp³-hybridized carbons (Fsp3) is 0.200. The number of hydrogen-bond acceptors (Lipinski definition) is 4. The van der Waals surface area contributed by atoms with E-state index in [-0.39, 0.29) is 5.56 Å². The largest absolute Gasteiger partial charge is 0.478 e.